The van der Waals surface area contributed by atoms with Crippen molar-refractivity contribution in [1.82, 2.24) is 0 Å². The molecule has 2 aromatic rings. The summed E-state index contributed by atoms with van der Waals surface area (Å²) in [6.45, 7) is 0.371. The third kappa shape index (κ3) is 3.42. The predicted octanol–water partition coefficient (Wildman–Crippen LogP) is 2.13. The summed E-state index contributed by atoms with van der Waals surface area (Å²) >= 11 is 0. The average molecular weight is 289 g/mol. The van der Waals surface area contributed by atoms with Crippen LogP contribution in [0.1, 0.15) is 15.9 Å². The second kappa shape index (κ2) is 6.13. The molecule has 0 aliphatic heterocycles. The topological polar surface area (TPSA) is 90.4 Å². The minimum Gasteiger partial charge on any atom is -0.497 e. The van der Waals surface area contributed by atoms with Gasteiger partial charge < -0.3 is 21.5 Å². The number of primary amides is 1. The molecular formula is C15H16FN3O2. The number of carbonyl (C=O) groups excluding carboxylic acids is 1. The summed E-state index contributed by atoms with van der Waals surface area (Å²) in [5.74, 6) is -0.526. The first kappa shape index (κ1) is 14.6. The number of carbonyl (C=O) groups is 1. The van der Waals surface area contributed by atoms with E-state index in [1.807, 2.05) is 24.3 Å². The highest BCUT2D eigenvalue weighted by molar-refractivity contribution is 5.99. The zero-order valence-electron chi connectivity index (χ0n) is 11.5. The van der Waals surface area contributed by atoms with Gasteiger partial charge in [0, 0.05) is 12.2 Å². The molecule has 0 unspecified atom stereocenters. The number of hydrogen-bond acceptors (Lipinski definition) is 4. The van der Waals surface area contributed by atoms with Gasteiger partial charge in [0.2, 0.25) is 0 Å². The molecule has 110 valence electrons. The molecule has 5 N–H and O–H groups in total. The third-order valence-electron chi connectivity index (χ3n) is 3.02. The van der Waals surface area contributed by atoms with Crippen LogP contribution >= 0.6 is 0 Å². The van der Waals surface area contributed by atoms with Crippen LogP contribution in [0.5, 0.6) is 5.75 Å². The van der Waals surface area contributed by atoms with E-state index in [1.54, 1.807) is 7.11 Å². The van der Waals surface area contributed by atoms with Gasteiger partial charge in [-0.05, 0) is 29.8 Å². The van der Waals surface area contributed by atoms with Crippen molar-refractivity contribution in [3.8, 4) is 5.75 Å². The molecule has 21 heavy (non-hydrogen) atoms. The van der Waals surface area contributed by atoms with E-state index in [2.05, 4.69) is 5.32 Å². The lowest BCUT2D eigenvalue weighted by atomic mass is 10.1. The fraction of sp³-hybridized carbons (Fsp3) is 0.133. The van der Waals surface area contributed by atoms with E-state index in [4.69, 9.17) is 16.2 Å². The van der Waals surface area contributed by atoms with E-state index in [-0.39, 0.29) is 16.9 Å². The summed E-state index contributed by atoms with van der Waals surface area (Å²) in [6.07, 6.45) is 0. The van der Waals surface area contributed by atoms with Gasteiger partial charge in [-0.25, -0.2) is 4.39 Å². The van der Waals surface area contributed by atoms with Crippen molar-refractivity contribution in [3.63, 3.8) is 0 Å². The molecule has 0 saturated heterocycles. The van der Waals surface area contributed by atoms with Crippen LogP contribution in [0.4, 0.5) is 15.8 Å². The number of benzene rings is 2. The van der Waals surface area contributed by atoms with E-state index in [1.165, 1.54) is 6.07 Å². The highest BCUT2D eigenvalue weighted by Crippen LogP contribution is 2.23. The number of halogens is 1. The van der Waals surface area contributed by atoms with Gasteiger partial charge in [0.1, 0.15) is 11.6 Å². The first-order valence-electron chi connectivity index (χ1n) is 6.27. The second-order valence-electron chi connectivity index (χ2n) is 4.49. The van der Waals surface area contributed by atoms with Crippen molar-refractivity contribution < 1.29 is 13.9 Å². The van der Waals surface area contributed by atoms with Crippen LogP contribution in [0.2, 0.25) is 0 Å². The number of methoxy groups -OCH3 is 1. The highest BCUT2D eigenvalue weighted by Gasteiger charge is 2.11. The van der Waals surface area contributed by atoms with Gasteiger partial charge in [-0.3, -0.25) is 4.79 Å². The maximum Gasteiger partial charge on any atom is 0.250 e. The highest BCUT2D eigenvalue weighted by atomic mass is 19.1. The summed E-state index contributed by atoms with van der Waals surface area (Å²) < 4.78 is 18.9. The van der Waals surface area contributed by atoms with Gasteiger partial charge in [0.05, 0.1) is 18.4 Å². The molecule has 2 rings (SSSR count). The van der Waals surface area contributed by atoms with Crippen molar-refractivity contribution in [1.29, 1.82) is 0 Å². The number of rotatable bonds is 5. The summed E-state index contributed by atoms with van der Waals surface area (Å²) in [7, 11) is 1.57. The lowest BCUT2D eigenvalue weighted by molar-refractivity contribution is 0.100. The van der Waals surface area contributed by atoms with Gasteiger partial charge in [-0.15, -0.1) is 0 Å². The molecule has 0 radical (unpaired) electrons. The fourth-order valence-electron chi connectivity index (χ4n) is 1.92. The molecular weight excluding hydrogens is 273 g/mol. The first-order valence-corrected chi connectivity index (χ1v) is 6.27. The molecule has 0 aliphatic carbocycles. The Balaban J connectivity index is 2.19. The fourth-order valence-corrected chi connectivity index (χ4v) is 1.92. The lowest BCUT2D eigenvalue weighted by Crippen LogP contribution is -2.15. The Morgan fingerprint density at radius 1 is 1.33 bits per heavy atom. The predicted molar refractivity (Wildman–Crippen MR) is 79.7 cm³/mol. The Bertz CT molecular complexity index is 674. The minimum atomic E-state index is -0.697. The zero-order chi connectivity index (χ0) is 15.4. The number of anilines is 2. The lowest BCUT2D eigenvalue weighted by Gasteiger charge is -2.11. The standard InChI is InChI=1S/C15H16FN3O2/c1-21-10-4-2-3-9(5-10)8-19-14-6-11(15(18)20)13(17)7-12(14)16/h2-7,19H,8,17H2,1H3,(H2,18,20). The van der Waals surface area contributed by atoms with Crippen LogP contribution in [0.3, 0.4) is 0 Å². The maximum atomic E-state index is 13.8. The van der Waals surface area contributed by atoms with E-state index in [0.29, 0.717) is 12.3 Å². The van der Waals surface area contributed by atoms with E-state index < -0.39 is 11.7 Å². The summed E-state index contributed by atoms with van der Waals surface area (Å²) in [6, 6.07) is 9.75. The monoisotopic (exact) mass is 289 g/mol. The molecule has 2 aromatic carbocycles. The van der Waals surface area contributed by atoms with Gasteiger partial charge in [0.15, 0.2) is 0 Å². The largest absolute Gasteiger partial charge is 0.497 e. The molecule has 0 spiro atoms. The summed E-state index contributed by atoms with van der Waals surface area (Å²) in [5.41, 5.74) is 11.9. The normalized spacial score (nSPS) is 10.2. The van der Waals surface area contributed by atoms with Crippen molar-refractivity contribution >= 4 is 17.3 Å². The van der Waals surface area contributed by atoms with Gasteiger partial charge >= 0.3 is 0 Å². The Morgan fingerprint density at radius 3 is 2.76 bits per heavy atom. The Morgan fingerprint density at radius 2 is 2.10 bits per heavy atom. The molecule has 0 bridgehead atoms. The number of nitrogen functional groups attached to an aromatic ring is 1. The first-order chi connectivity index (χ1) is 10.0. The Kier molecular flexibility index (Phi) is 4.27. The van der Waals surface area contributed by atoms with Crippen LogP contribution in [0.25, 0.3) is 0 Å². The van der Waals surface area contributed by atoms with Gasteiger partial charge in [-0.1, -0.05) is 12.1 Å². The molecule has 0 heterocycles. The quantitative estimate of drug-likeness (QED) is 0.735. The molecule has 0 atom stereocenters. The Labute approximate surface area is 121 Å². The molecule has 0 aliphatic rings. The minimum absolute atomic E-state index is 0.0203. The number of hydrogen-bond donors (Lipinski definition) is 3. The zero-order valence-corrected chi connectivity index (χ0v) is 11.5. The van der Waals surface area contributed by atoms with Gasteiger partial charge in [-0.2, -0.15) is 0 Å². The van der Waals surface area contributed by atoms with E-state index >= 15 is 0 Å². The van der Waals surface area contributed by atoms with Crippen LogP contribution in [-0.4, -0.2) is 13.0 Å². The third-order valence-corrected chi connectivity index (χ3v) is 3.02. The van der Waals surface area contributed by atoms with Crippen molar-refractivity contribution in [2.24, 2.45) is 5.73 Å². The molecule has 5 nitrogen and oxygen atoms in total. The number of nitrogens with two attached hydrogens (primary N) is 2. The van der Waals surface area contributed by atoms with Gasteiger partial charge in [0.25, 0.3) is 5.91 Å². The summed E-state index contributed by atoms with van der Waals surface area (Å²) in [5, 5.41) is 2.91. The average Bonchev–Trinajstić information content (AvgIpc) is 2.46. The van der Waals surface area contributed by atoms with Crippen LogP contribution in [0, 0.1) is 5.82 Å². The summed E-state index contributed by atoms with van der Waals surface area (Å²) in [4.78, 5) is 11.2. The number of amides is 1. The molecule has 0 fully saturated rings. The molecule has 1 amide bonds. The number of ether oxygens (including phenoxy) is 1. The molecule has 0 aromatic heterocycles. The van der Waals surface area contributed by atoms with Crippen molar-refractivity contribution in [3.05, 3.63) is 53.3 Å². The smallest absolute Gasteiger partial charge is 0.250 e. The van der Waals surface area contributed by atoms with E-state index in [9.17, 15) is 9.18 Å². The number of nitrogens with one attached hydrogen (secondary N) is 1. The molecule has 6 heteroatoms. The van der Waals surface area contributed by atoms with Crippen LogP contribution in [0.15, 0.2) is 36.4 Å². The molecule has 0 saturated carbocycles. The Hall–Kier alpha value is -2.76. The van der Waals surface area contributed by atoms with Crippen LogP contribution < -0.4 is 21.5 Å². The van der Waals surface area contributed by atoms with Crippen molar-refractivity contribution in [2.45, 2.75) is 6.54 Å². The van der Waals surface area contributed by atoms with Crippen molar-refractivity contribution in [2.75, 3.05) is 18.2 Å². The van der Waals surface area contributed by atoms with E-state index in [0.717, 1.165) is 11.6 Å². The maximum absolute atomic E-state index is 13.8. The van der Waals surface area contributed by atoms with Crippen LogP contribution in [-0.2, 0) is 6.54 Å². The second-order valence-corrected chi connectivity index (χ2v) is 4.49. The SMILES string of the molecule is COc1cccc(CNc2cc(C(N)=O)c(N)cc2F)c1.